The number of aromatic amines is 1. The van der Waals surface area contributed by atoms with Gasteiger partial charge in [-0.1, -0.05) is 12.1 Å². The SMILES string of the molecule is CCOC(=O)N1CCC(NC(=O)c2cccc3c(C)c(C)[nH]c23)CC1. The molecule has 134 valence electrons. The van der Waals surface area contributed by atoms with Gasteiger partial charge < -0.3 is 19.9 Å². The number of nitrogens with one attached hydrogen (secondary N) is 2. The van der Waals surface area contributed by atoms with Crippen molar-refractivity contribution in [3.63, 3.8) is 0 Å². The molecule has 1 aliphatic heterocycles. The lowest BCUT2D eigenvalue weighted by Crippen LogP contribution is -2.46. The number of likely N-dealkylation sites (tertiary alicyclic amines) is 1. The molecule has 1 aromatic carbocycles. The molecule has 1 aromatic heterocycles. The van der Waals surface area contributed by atoms with Gasteiger partial charge in [-0.15, -0.1) is 0 Å². The van der Waals surface area contributed by atoms with E-state index in [-0.39, 0.29) is 18.0 Å². The van der Waals surface area contributed by atoms with Crippen molar-refractivity contribution in [1.82, 2.24) is 15.2 Å². The van der Waals surface area contributed by atoms with Gasteiger partial charge in [-0.05, 0) is 45.2 Å². The van der Waals surface area contributed by atoms with Gasteiger partial charge in [0.1, 0.15) is 0 Å². The first-order valence-corrected chi connectivity index (χ1v) is 8.81. The minimum atomic E-state index is -0.269. The number of benzene rings is 1. The van der Waals surface area contributed by atoms with Crippen LogP contribution in [-0.4, -0.2) is 47.6 Å². The fourth-order valence-electron chi connectivity index (χ4n) is 3.36. The van der Waals surface area contributed by atoms with E-state index >= 15 is 0 Å². The van der Waals surface area contributed by atoms with Crippen LogP contribution in [0.1, 0.15) is 41.4 Å². The van der Waals surface area contributed by atoms with Crippen molar-refractivity contribution in [1.29, 1.82) is 0 Å². The maximum absolute atomic E-state index is 12.7. The Bertz CT molecular complexity index is 789. The zero-order valence-electron chi connectivity index (χ0n) is 15.0. The highest BCUT2D eigenvalue weighted by molar-refractivity contribution is 6.06. The number of carbonyl (C=O) groups is 2. The normalized spacial score (nSPS) is 15.4. The predicted molar refractivity (Wildman–Crippen MR) is 96.9 cm³/mol. The number of rotatable bonds is 3. The molecule has 0 saturated carbocycles. The first kappa shape index (κ1) is 17.3. The van der Waals surface area contributed by atoms with E-state index in [0.717, 1.165) is 29.4 Å². The quantitative estimate of drug-likeness (QED) is 0.899. The second kappa shape index (κ2) is 7.17. The highest BCUT2D eigenvalue weighted by atomic mass is 16.6. The van der Waals surface area contributed by atoms with Crippen molar-refractivity contribution in [2.75, 3.05) is 19.7 Å². The minimum Gasteiger partial charge on any atom is -0.450 e. The van der Waals surface area contributed by atoms with E-state index in [1.54, 1.807) is 11.8 Å². The Morgan fingerprint density at radius 2 is 2.00 bits per heavy atom. The number of amides is 2. The van der Waals surface area contributed by atoms with Crippen LogP contribution in [0.3, 0.4) is 0 Å². The predicted octanol–water partition coefficient (Wildman–Crippen LogP) is 3.14. The molecule has 2 heterocycles. The Balaban J connectivity index is 1.66. The van der Waals surface area contributed by atoms with Gasteiger partial charge >= 0.3 is 6.09 Å². The van der Waals surface area contributed by atoms with E-state index < -0.39 is 0 Å². The Labute approximate surface area is 147 Å². The summed E-state index contributed by atoms with van der Waals surface area (Å²) in [4.78, 5) is 29.5. The zero-order chi connectivity index (χ0) is 18.0. The molecule has 2 N–H and O–H groups in total. The van der Waals surface area contributed by atoms with Gasteiger partial charge in [0.15, 0.2) is 0 Å². The summed E-state index contributed by atoms with van der Waals surface area (Å²) >= 11 is 0. The summed E-state index contributed by atoms with van der Waals surface area (Å²) < 4.78 is 5.02. The summed E-state index contributed by atoms with van der Waals surface area (Å²) in [7, 11) is 0. The van der Waals surface area contributed by atoms with Crippen molar-refractivity contribution in [3.05, 3.63) is 35.0 Å². The second-order valence-corrected chi connectivity index (χ2v) is 6.54. The van der Waals surface area contributed by atoms with Crippen LogP contribution in [0, 0.1) is 13.8 Å². The van der Waals surface area contributed by atoms with E-state index in [9.17, 15) is 9.59 Å². The topological polar surface area (TPSA) is 74.4 Å². The maximum atomic E-state index is 12.7. The molecule has 2 aromatic rings. The van der Waals surface area contributed by atoms with E-state index in [0.29, 0.717) is 25.3 Å². The lowest BCUT2D eigenvalue weighted by Gasteiger charge is -2.31. The van der Waals surface area contributed by atoms with E-state index in [2.05, 4.69) is 17.2 Å². The summed E-state index contributed by atoms with van der Waals surface area (Å²) in [5, 5.41) is 4.20. The number of aryl methyl sites for hydroxylation is 2. The van der Waals surface area contributed by atoms with E-state index in [1.807, 2.05) is 25.1 Å². The van der Waals surface area contributed by atoms with Crippen molar-refractivity contribution in [3.8, 4) is 0 Å². The van der Waals surface area contributed by atoms with Crippen LogP contribution in [0.2, 0.25) is 0 Å². The molecule has 1 fully saturated rings. The molecule has 6 nitrogen and oxygen atoms in total. The molecule has 0 unspecified atom stereocenters. The van der Waals surface area contributed by atoms with Crippen LogP contribution in [0.15, 0.2) is 18.2 Å². The lowest BCUT2D eigenvalue weighted by atomic mass is 10.0. The average molecular weight is 343 g/mol. The average Bonchev–Trinajstić information content (AvgIpc) is 2.90. The van der Waals surface area contributed by atoms with Crippen LogP contribution in [0.4, 0.5) is 4.79 Å². The number of fused-ring (bicyclic) bond motifs is 1. The molecular formula is C19H25N3O3. The van der Waals surface area contributed by atoms with Crippen LogP contribution < -0.4 is 5.32 Å². The molecule has 2 amide bonds. The molecule has 0 bridgehead atoms. The highest BCUT2D eigenvalue weighted by Crippen LogP contribution is 2.24. The summed E-state index contributed by atoms with van der Waals surface area (Å²) in [5.41, 5.74) is 3.81. The third-order valence-corrected chi connectivity index (χ3v) is 4.94. The molecule has 0 spiro atoms. The van der Waals surface area contributed by atoms with Gasteiger partial charge in [0.2, 0.25) is 0 Å². The summed E-state index contributed by atoms with van der Waals surface area (Å²) in [6.07, 6.45) is 1.21. The van der Waals surface area contributed by atoms with Crippen molar-refractivity contribution < 1.29 is 14.3 Å². The Kier molecular flexibility index (Phi) is 4.97. The lowest BCUT2D eigenvalue weighted by molar-refractivity contribution is 0.0861. The van der Waals surface area contributed by atoms with Crippen LogP contribution in [-0.2, 0) is 4.74 Å². The van der Waals surface area contributed by atoms with Gasteiger partial charge in [0.25, 0.3) is 5.91 Å². The van der Waals surface area contributed by atoms with E-state index in [1.165, 1.54) is 5.56 Å². The number of piperidine rings is 1. The van der Waals surface area contributed by atoms with Gasteiger partial charge in [-0.2, -0.15) is 0 Å². The number of H-pyrrole nitrogens is 1. The van der Waals surface area contributed by atoms with Gasteiger partial charge in [0, 0.05) is 30.2 Å². The van der Waals surface area contributed by atoms with Crippen LogP contribution in [0.25, 0.3) is 10.9 Å². The minimum absolute atomic E-state index is 0.0681. The molecule has 0 aliphatic carbocycles. The highest BCUT2D eigenvalue weighted by Gasteiger charge is 2.25. The Hall–Kier alpha value is -2.50. The molecule has 3 rings (SSSR count). The van der Waals surface area contributed by atoms with Crippen LogP contribution in [0.5, 0.6) is 0 Å². The number of ether oxygens (including phenoxy) is 1. The number of carbonyl (C=O) groups excluding carboxylic acids is 2. The third kappa shape index (κ3) is 3.48. The smallest absolute Gasteiger partial charge is 0.409 e. The maximum Gasteiger partial charge on any atom is 0.409 e. The zero-order valence-corrected chi connectivity index (χ0v) is 15.0. The molecular weight excluding hydrogens is 318 g/mol. The monoisotopic (exact) mass is 343 g/mol. The standard InChI is InChI=1S/C19H25N3O3/c1-4-25-19(24)22-10-8-14(9-11-22)21-18(23)16-7-5-6-15-12(2)13(3)20-17(15)16/h5-7,14,20H,4,8-11H2,1-3H3,(H,21,23). The number of nitrogens with zero attached hydrogens (tertiary/aromatic N) is 1. The Morgan fingerprint density at radius 1 is 1.28 bits per heavy atom. The first-order valence-electron chi connectivity index (χ1n) is 8.81. The second-order valence-electron chi connectivity index (χ2n) is 6.54. The molecule has 6 heteroatoms. The number of para-hydroxylation sites is 1. The largest absolute Gasteiger partial charge is 0.450 e. The first-order chi connectivity index (χ1) is 12.0. The molecule has 1 saturated heterocycles. The van der Waals surface area contributed by atoms with Crippen LogP contribution >= 0.6 is 0 Å². The van der Waals surface area contributed by atoms with Gasteiger partial charge in [-0.25, -0.2) is 4.79 Å². The summed E-state index contributed by atoms with van der Waals surface area (Å²) in [6, 6.07) is 5.87. The van der Waals surface area contributed by atoms with E-state index in [4.69, 9.17) is 4.74 Å². The molecule has 0 radical (unpaired) electrons. The summed E-state index contributed by atoms with van der Waals surface area (Å²) in [5.74, 6) is -0.0681. The fraction of sp³-hybridized carbons (Fsp3) is 0.474. The Morgan fingerprint density at radius 3 is 2.68 bits per heavy atom. The van der Waals surface area contributed by atoms with Crippen molar-refractivity contribution in [2.24, 2.45) is 0 Å². The number of hydrogen-bond acceptors (Lipinski definition) is 3. The van der Waals surface area contributed by atoms with Crippen molar-refractivity contribution >= 4 is 22.9 Å². The van der Waals surface area contributed by atoms with Gasteiger partial charge in [-0.3, -0.25) is 4.79 Å². The fourth-order valence-corrected chi connectivity index (χ4v) is 3.36. The molecule has 25 heavy (non-hydrogen) atoms. The third-order valence-electron chi connectivity index (χ3n) is 4.94. The van der Waals surface area contributed by atoms with Crippen molar-refractivity contribution in [2.45, 2.75) is 39.7 Å². The number of aromatic nitrogens is 1. The van der Waals surface area contributed by atoms with Gasteiger partial charge in [0.05, 0.1) is 17.7 Å². The number of hydrogen-bond donors (Lipinski definition) is 2. The molecule has 0 atom stereocenters. The summed E-state index contributed by atoms with van der Waals surface area (Å²) in [6.45, 7) is 7.47. The molecule has 1 aliphatic rings.